The number of benzene rings is 2. The number of halogens is 1. The number of esters is 1. The van der Waals surface area contributed by atoms with Crippen LogP contribution in [0.4, 0.5) is 5.69 Å². The van der Waals surface area contributed by atoms with E-state index < -0.39 is 0 Å². The summed E-state index contributed by atoms with van der Waals surface area (Å²) in [4.78, 5) is 30.7. The molecule has 0 fully saturated rings. The minimum atomic E-state index is -0.387. The van der Waals surface area contributed by atoms with Gasteiger partial charge in [-0.05, 0) is 89.8 Å². The quantitative estimate of drug-likeness (QED) is 0.278. The second-order valence-corrected chi connectivity index (χ2v) is 8.00. The Kier molecular flexibility index (Phi) is 8.07. The molecule has 0 spiro atoms. The third-order valence-corrected chi connectivity index (χ3v) is 5.60. The van der Waals surface area contributed by atoms with Crippen molar-refractivity contribution in [3.63, 3.8) is 0 Å². The van der Waals surface area contributed by atoms with Gasteiger partial charge in [-0.15, -0.1) is 0 Å². The van der Waals surface area contributed by atoms with Gasteiger partial charge in [0.05, 0.1) is 24.3 Å². The number of nitrogens with zero attached hydrogens (tertiary/aromatic N) is 2. The highest BCUT2D eigenvalue weighted by Crippen LogP contribution is 2.20. The van der Waals surface area contributed by atoms with Crippen LogP contribution in [0, 0.1) is 3.57 Å². The molecule has 6 nitrogen and oxygen atoms in total. The zero-order valence-corrected chi connectivity index (χ0v) is 19.7. The van der Waals surface area contributed by atoms with Crippen molar-refractivity contribution in [1.29, 1.82) is 0 Å². The molecule has 0 bridgehead atoms. The molecule has 1 aromatic heterocycles. The molecule has 31 heavy (non-hydrogen) atoms. The maximum absolute atomic E-state index is 12.8. The number of aromatic nitrogens is 1. The molecule has 1 N–H and O–H groups in total. The Morgan fingerprint density at radius 2 is 1.84 bits per heavy atom. The average molecular weight is 545 g/mol. The first-order valence-corrected chi connectivity index (χ1v) is 11.0. The maximum atomic E-state index is 12.8. The van der Waals surface area contributed by atoms with E-state index >= 15 is 0 Å². The van der Waals surface area contributed by atoms with Gasteiger partial charge in [-0.1, -0.05) is 18.2 Å². The van der Waals surface area contributed by atoms with Crippen molar-refractivity contribution in [3.05, 3.63) is 93.3 Å². The smallest absolute Gasteiger partial charge is 0.338 e. The van der Waals surface area contributed by atoms with E-state index in [1.54, 1.807) is 54.5 Å². The fourth-order valence-electron chi connectivity index (χ4n) is 2.82. The highest BCUT2D eigenvalue weighted by atomic mass is 127. The van der Waals surface area contributed by atoms with Crippen LogP contribution in [0.1, 0.15) is 33.2 Å². The van der Waals surface area contributed by atoms with Gasteiger partial charge in [0.25, 0.3) is 5.91 Å². The summed E-state index contributed by atoms with van der Waals surface area (Å²) >= 11 is 7.70. The Hall–Kier alpha value is -2.85. The number of anilines is 1. The summed E-state index contributed by atoms with van der Waals surface area (Å²) in [5.41, 5.74) is 2.64. The van der Waals surface area contributed by atoms with E-state index in [9.17, 15) is 9.59 Å². The van der Waals surface area contributed by atoms with E-state index in [2.05, 4.69) is 32.9 Å². The van der Waals surface area contributed by atoms with E-state index in [0.29, 0.717) is 24.3 Å². The average Bonchev–Trinajstić information content (AvgIpc) is 2.78. The van der Waals surface area contributed by atoms with Crippen LogP contribution in [0.2, 0.25) is 0 Å². The third-order valence-electron chi connectivity index (χ3n) is 4.34. The van der Waals surface area contributed by atoms with Gasteiger partial charge in [-0.3, -0.25) is 15.1 Å². The molecule has 2 aromatic carbocycles. The molecule has 1 heterocycles. The summed E-state index contributed by atoms with van der Waals surface area (Å²) in [6.45, 7) is 2.47. The standard InChI is InChI=1S/C23H20IN3O3S/c1-2-30-22(29)17-9-11-18(12-10-17)27(15-16-6-5-13-25-14-16)23(31)26-21(28)19-7-3-4-8-20(19)24/h3-14H,2,15H2,1H3,(H,26,28,31). The third kappa shape index (κ3) is 6.08. The van der Waals surface area contributed by atoms with Gasteiger partial charge in [-0.25, -0.2) is 4.79 Å². The van der Waals surface area contributed by atoms with Crippen molar-refractivity contribution >= 4 is 57.5 Å². The first-order chi connectivity index (χ1) is 15.0. The number of hydrogen-bond donors (Lipinski definition) is 1. The number of nitrogens with one attached hydrogen (secondary N) is 1. The molecule has 0 aliphatic rings. The minimum Gasteiger partial charge on any atom is -0.462 e. The van der Waals surface area contributed by atoms with Crippen molar-refractivity contribution in [1.82, 2.24) is 10.3 Å². The topological polar surface area (TPSA) is 71.5 Å². The van der Waals surface area contributed by atoms with Crippen LogP contribution in [-0.4, -0.2) is 28.6 Å². The van der Waals surface area contributed by atoms with Gasteiger partial charge in [0, 0.05) is 21.7 Å². The largest absolute Gasteiger partial charge is 0.462 e. The van der Waals surface area contributed by atoms with Gasteiger partial charge >= 0.3 is 5.97 Å². The summed E-state index contributed by atoms with van der Waals surface area (Å²) < 4.78 is 5.87. The van der Waals surface area contributed by atoms with E-state index in [0.717, 1.165) is 14.8 Å². The number of carbonyl (C=O) groups excluding carboxylic acids is 2. The fraction of sp³-hybridized carbons (Fsp3) is 0.130. The van der Waals surface area contributed by atoms with E-state index in [-0.39, 0.29) is 17.0 Å². The summed E-state index contributed by atoms with van der Waals surface area (Å²) in [7, 11) is 0. The first-order valence-electron chi connectivity index (χ1n) is 9.53. The molecule has 8 heteroatoms. The summed E-state index contributed by atoms with van der Waals surface area (Å²) in [6, 6.07) is 17.9. The van der Waals surface area contributed by atoms with Gasteiger partial charge in [-0.2, -0.15) is 0 Å². The van der Waals surface area contributed by atoms with Gasteiger partial charge < -0.3 is 9.64 Å². The highest BCUT2D eigenvalue weighted by Gasteiger charge is 2.18. The van der Waals surface area contributed by atoms with Crippen LogP contribution in [0.15, 0.2) is 73.1 Å². The number of rotatable bonds is 6. The Balaban J connectivity index is 1.85. The number of pyridine rings is 1. The van der Waals surface area contributed by atoms with E-state index in [1.807, 2.05) is 30.3 Å². The second-order valence-electron chi connectivity index (χ2n) is 6.45. The molecule has 1 amide bonds. The lowest BCUT2D eigenvalue weighted by atomic mass is 10.2. The predicted molar refractivity (Wildman–Crippen MR) is 132 cm³/mol. The molecule has 0 saturated heterocycles. The number of amides is 1. The van der Waals surface area contributed by atoms with Gasteiger partial charge in [0.1, 0.15) is 0 Å². The Labute approximate surface area is 199 Å². The predicted octanol–water partition coefficient (Wildman–Crippen LogP) is 4.58. The first kappa shape index (κ1) is 22.8. The SMILES string of the molecule is CCOC(=O)c1ccc(N(Cc2cccnc2)C(=S)NC(=O)c2ccccc2I)cc1. The molecule has 0 atom stereocenters. The summed E-state index contributed by atoms with van der Waals surface area (Å²) in [6.07, 6.45) is 3.43. The van der Waals surface area contributed by atoms with Crippen LogP contribution in [0.3, 0.4) is 0 Å². The second kappa shape index (κ2) is 11.0. The van der Waals surface area contributed by atoms with E-state index in [1.165, 1.54) is 0 Å². The molecule has 0 radical (unpaired) electrons. The summed E-state index contributed by atoms with van der Waals surface area (Å²) in [5, 5.41) is 3.06. The van der Waals surface area contributed by atoms with Crippen LogP contribution < -0.4 is 10.2 Å². The Morgan fingerprint density at radius 3 is 2.48 bits per heavy atom. The van der Waals surface area contributed by atoms with Crippen molar-refractivity contribution < 1.29 is 14.3 Å². The molecular formula is C23H20IN3O3S. The number of carbonyl (C=O) groups is 2. The number of ether oxygens (including phenoxy) is 1. The Morgan fingerprint density at radius 1 is 1.10 bits per heavy atom. The lowest BCUT2D eigenvalue weighted by Gasteiger charge is -2.26. The zero-order chi connectivity index (χ0) is 22.2. The van der Waals surface area contributed by atoms with Crippen molar-refractivity contribution in [3.8, 4) is 0 Å². The van der Waals surface area contributed by atoms with Crippen molar-refractivity contribution in [2.75, 3.05) is 11.5 Å². The molecular weight excluding hydrogens is 525 g/mol. The van der Waals surface area contributed by atoms with E-state index in [4.69, 9.17) is 17.0 Å². The molecule has 0 aliphatic heterocycles. The minimum absolute atomic E-state index is 0.248. The monoisotopic (exact) mass is 545 g/mol. The number of thiocarbonyl (C=S) groups is 1. The van der Waals surface area contributed by atoms with Crippen LogP contribution in [0.5, 0.6) is 0 Å². The molecule has 3 aromatic rings. The lowest BCUT2D eigenvalue weighted by molar-refractivity contribution is 0.0526. The maximum Gasteiger partial charge on any atom is 0.338 e. The zero-order valence-electron chi connectivity index (χ0n) is 16.7. The fourth-order valence-corrected chi connectivity index (χ4v) is 3.72. The van der Waals surface area contributed by atoms with Gasteiger partial charge in [0.2, 0.25) is 0 Å². The Bertz CT molecular complexity index is 1070. The normalized spacial score (nSPS) is 10.3. The molecule has 0 aliphatic carbocycles. The molecule has 0 saturated carbocycles. The highest BCUT2D eigenvalue weighted by molar-refractivity contribution is 14.1. The van der Waals surface area contributed by atoms with Gasteiger partial charge in [0.15, 0.2) is 5.11 Å². The molecule has 3 rings (SSSR count). The molecule has 158 valence electrons. The van der Waals surface area contributed by atoms with Crippen LogP contribution >= 0.6 is 34.8 Å². The lowest BCUT2D eigenvalue weighted by Crippen LogP contribution is -2.42. The summed E-state index contributed by atoms with van der Waals surface area (Å²) in [5.74, 6) is -0.670. The molecule has 0 unspecified atom stereocenters. The van der Waals surface area contributed by atoms with Crippen molar-refractivity contribution in [2.45, 2.75) is 13.5 Å². The van der Waals surface area contributed by atoms with Crippen LogP contribution in [-0.2, 0) is 11.3 Å². The number of hydrogen-bond acceptors (Lipinski definition) is 5. The van der Waals surface area contributed by atoms with Crippen LogP contribution in [0.25, 0.3) is 0 Å². The van der Waals surface area contributed by atoms with Crippen molar-refractivity contribution in [2.24, 2.45) is 0 Å².